The highest BCUT2D eigenvalue weighted by Gasteiger charge is 1.99. The molecule has 0 aliphatic rings. The molecule has 0 bridgehead atoms. The summed E-state index contributed by atoms with van der Waals surface area (Å²) in [5, 5.41) is 2.83. The van der Waals surface area contributed by atoms with E-state index in [9.17, 15) is 4.79 Å². The van der Waals surface area contributed by atoms with E-state index in [0.29, 0.717) is 13.2 Å². The van der Waals surface area contributed by atoms with Crippen LogP contribution in [0.3, 0.4) is 0 Å². The number of methoxy groups -OCH3 is 1. The second-order valence-corrected chi connectivity index (χ2v) is 4.69. The van der Waals surface area contributed by atoms with Gasteiger partial charge < -0.3 is 14.8 Å². The van der Waals surface area contributed by atoms with Gasteiger partial charge in [0, 0.05) is 31.4 Å². The minimum absolute atomic E-state index is 0.102. The van der Waals surface area contributed by atoms with Gasteiger partial charge in [0.2, 0.25) is 5.91 Å². The van der Waals surface area contributed by atoms with Crippen molar-refractivity contribution in [1.29, 1.82) is 0 Å². The van der Waals surface area contributed by atoms with Crippen molar-refractivity contribution in [2.45, 2.75) is 26.2 Å². The lowest BCUT2D eigenvalue weighted by molar-refractivity contribution is -0.116. The van der Waals surface area contributed by atoms with Gasteiger partial charge in [0.15, 0.2) is 0 Å². The van der Waals surface area contributed by atoms with E-state index in [-0.39, 0.29) is 5.91 Å². The van der Waals surface area contributed by atoms with Gasteiger partial charge in [-0.1, -0.05) is 31.5 Å². The number of ether oxygens (including phenoxy) is 2. The van der Waals surface area contributed by atoms with Crippen LogP contribution in [0.4, 0.5) is 0 Å². The molecule has 21 heavy (non-hydrogen) atoms. The van der Waals surface area contributed by atoms with Crippen LogP contribution in [-0.2, 0) is 9.53 Å². The molecular formula is C17H25NO3. The molecule has 0 aliphatic carbocycles. The fraction of sp³-hybridized carbons (Fsp3) is 0.471. The van der Waals surface area contributed by atoms with Crippen LogP contribution < -0.4 is 10.1 Å². The molecule has 0 spiro atoms. The Morgan fingerprint density at radius 3 is 2.76 bits per heavy atom. The third-order valence-corrected chi connectivity index (χ3v) is 2.96. The Bertz CT molecular complexity index is 443. The predicted molar refractivity (Wildman–Crippen MR) is 85.4 cm³/mol. The third kappa shape index (κ3) is 7.51. The third-order valence-electron chi connectivity index (χ3n) is 2.96. The van der Waals surface area contributed by atoms with Gasteiger partial charge in [-0.2, -0.15) is 0 Å². The minimum atomic E-state index is -0.102. The summed E-state index contributed by atoms with van der Waals surface area (Å²) in [6.45, 7) is 4.26. The summed E-state index contributed by atoms with van der Waals surface area (Å²) in [4.78, 5) is 11.7. The van der Waals surface area contributed by atoms with Crippen LogP contribution in [0, 0.1) is 0 Å². The minimum Gasteiger partial charge on any atom is -0.496 e. The molecule has 1 aromatic rings. The number of amides is 1. The standard InChI is InChI=1S/C17H25NO3/c1-3-4-13-21-14-7-12-18-17(19)11-10-15-8-5-6-9-16(15)20-2/h5-6,8-11H,3-4,7,12-14H2,1-2H3,(H,18,19). The molecule has 0 unspecified atom stereocenters. The van der Waals surface area contributed by atoms with E-state index >= 15 is 0 Å². The lowest BCUT2D eigenvalue weighted by Crippen LogP contribution is -2.23. The molecule has 0 fully saturated rings. The highest BCUT2D eigenvalue weighted by Crippen LogP contribution is 2.18. The van der Waals surface area contributed by atoms with Gasteiger partial charge >= 0.3 is 0 Å². The maximum atomic E-state index is 11.7. The van der Waals surface area contributed by atoms with Crippen LogP contribution in [0.1, 0.15) is 31.7 Å². The molecule has 4 nitrogen and oxygen atoms in total. The number of nitrogens with one attached hydrogen (secondary N) is 1. The van der Waals surface area contributed by atoms with Crippen molar-refractivity contribution in [2.24, 2.45) is 0 Å². The van der Waals surface area contributed by atoms with Gasteiger partial charge in [-0.05, 0) is 25.0 Å². The summed E-state index contributed by atoms with van der Waals surface area (Å²) in [6, 6.07) is 7.58. The largest absolute Gasteiger partial charge is 0.496 e. The first-order valence-corrected chi connectivity index (χ1v) is 7.44. The van der Waals surface area contributed by atoms with Crippen LogP contribution in [-0.4, -0.2) is 32.8 Å². The Balaban J connectivity index is 2.22. The molecule has 1 aromatic carbocycles. The lowest BCUT2D eigenvalue weighted by Gasteiger charge is -2.05. The van der Waals surface area contributed by atoms with Gasteiger partial charge in [0.25, 0.3) is 0 Å². The van der Waals surface area contributed by atoms with E-state index in [1.54, 1.807) is 13.2 Å². The van der Waals surface area contributed by atoms with E-state index in [2.05, 4.69) is 12.2 Å². The predicted octanol–water partition coefficient (Wildman–Crippen LogP) is 3.03. The molecule has 1 rings (SSSR count). The number of para-hydroxylation sites is 1. The molecule has 0 heterocycles. The highest BCUT2D eigenvalue weighted by atomic mass is 16.5. The van der Waals surface area contributed by atoms with Crippen molar-refractivity contribution < 1.29 is 14.3 Å². The average Bonchev–Trinajstić information content (AvgIpc) is 2.52. The fourth-order valence-electron chi connectivity index (χ4n) is 1.76. The molecule has 1 amide bonds. The maximum absolute atomic E-state index is 11.7. The van der Waals surface area contributed by atoms with Crippen LogP contribution in [0.2, 0.25) is 0 Å². The van der Waals surface area contributed by atoms with E-state index in [0.717, 1.165) is 37.2 Å². The normalized spacial score (nSPS) is 10.8. The number of unbranched alkanes of at least 4 members (excludes halogenated alkanes) is 1. The molecule has 4 heteroatoms. The number of hydrogen-bond acceptors (Lipinski definition) is 3. The Labute approximate surface area is 127 Å². The van der Waals surface area contributed by atoms with Gasteiger partial charge in [0.1, 0.15) is 5.75 Å². The van der Waals surface area contributed by atoms with Crippen molar-refractivity contribution in [3.05, 3.63) is 35.9 Å². The fourth-order valence-corrected chi connectivity index (χ4v) is 1.76. The van der Waals surface area contributed by atoms with Crippen molar-refractivity contribution in [1.82, 2.24) is 5.32 Å². The summed E-state index contributed by atoms with van der Waals surface area (Å²) in [5.74, 6) is 0.653. The first kappa shape index (κ1) is 17.2. The van der Waals surface area contributed by atoms with Crippen LogP contribution in [0.5, 0.6) is 5.75 Å². The van der Waals surface area contributed by atoms with Crippen LogP contribution in [0.15, 0.2) is 30.3 Å². The highest BCUT2D eigenvalue weighted by molar-refractivity contribution is 5.92. The van der Waals surface area contributed by atoms with Gasteiger partial charge in [0.05, 0.1) is 7.11 Å². The Morgan fingerprint density at radius 1 is 1.24 bits per heavy atom. The molecule has 0 atom stereocenters. The molecule has 1 N–H and O–H groups in total. The lowest BCUT2D eigenvalue weighted by atomic mass is 10.2. The summed E-state index contributed by atoms with van der Waals surface area (Å²) in [7, 11) is 1.62. The van der Waals surface area contributed by atoms with Crippen LogP contribution in [0.25, 0.3) is 6.08 Å². The van der Waals surface area contributed by atoms with Crippen molar-refractivity contribution >= 4 is 12.0 Å². The van der Waals surface area contributed by atoms with Gasteiger partial charge in [-0.25, -0.2) is 0 Å². The Morgan fingerprint density at radius 2 is 2.00 bits per heavy atom. The number of carbonyl (C=O) groups excluding carboxylic acids is 1. The summed E-state index contributed by atoms with van der Waals surface area (Å²) in [5.41, 5.74) is 0.887. The maximum Gasteiger partial charge on any atom is 0.244 e. The van der Waals surface area contributed by atoms with Crippen LogP contribution >= 0.6 is 0 Å². The topological polar surface area (TPSA) is 47.6 Å². The molecular weight excluding hydrogens is 266 g/mol. The first-order valence-electron chi connectivity index (χ1n) is 7.44. The molecule has 0 aliphatic heterocycles. The molecule has 0 radical (unpaired) electrons. The van der Waals surface area contributed by atoms with Gasteiger partial charge in [-0.3, -0.25) is 4.79 Å². The molecule has 0 saturated carbocycles. The molecule has 0 aromatic heterocycles. The Hall–Kier alpha value is -1.81. The number of rotatable bonds is 10. The quantitative estimate of drug-likeness (QED) is 0.532. The van der Waals surface area contributed by atoms with Crippen molar-refractivity contribution in [3.8, 4) is 5.75 Å². The summed E-state index contributed by atoms with van der Waals surface area (Å²) in [6.07, 6.45) is 6.35. The summed E-state index contributed by atoms with van der Waals surface area (Å²) < 4.78 is 10.7. The number of carbonyl (C=O) groups is 1. The van der Waals surface area contributed by atoms with E-state index < -0.39 is 0 Å². The second kappa shape index (κ2) is 10.9. The van der Waals surface area contributed by atoms with Gasteiger partial charge in [-0.15, -0.1) is 0 Å². The Kier molecular flexibility index (Phi) is 8.96. The monoisotopic (exact) mass is 291 g/mol. The van der Waals surface area contributed by atoms with E-state index in [4.69, 9.17) is 9.47 Å². The van der Waals surface area contributed by atoms with Crippen molar-refractivity contribution in [2.75, 3.05) is 26.9 Å². The number of hydrogen-bond donors (Lipinski definition) is 1. The van der Waals surface area contributed by atoms with E-state index in [1.807, 2.05) is 24.3 Å². The smallest absolute Gasteiger partial charge is 0.244 e. The SMILES string of the molecule is CCCCOCCCNC(=O)C=Cc1ccccc1OC. The van der Waals surface area contributed by atoms with Crippen molar-refractivity contribution in [3.63, 3.8) is 0 Å². The second-order valence-electron chi connectivity index (χ2n) is 4.69. The zero-order valence-electron chi connectivity index (χ0n) is 12.9. The van der Waals surface area contributed by atoms with E-state index in [1.165, 1.54) is 6.08 Å². The summed E-state index contributed by atoms with van der Waals surface area (Å²) >= 11 is 0. The number of benzene rings is 1. The molecule has 0 saturated heterocycles. The molecule has 116 valence electrons. The zero-order chi connectivity index (χ0) is 15.3. The average molecular weight is 291 g/mol. The first-order chi connectivity index (χ1) is 10.3. The zero-order valence-corrected chi connectivity index (χ0v) is 12.9.